The van der Waals surface area contributed by atoms with E-state index in [1.165, 1.54) is 0 Å². The molecular formula is C10H20O3. The molecule has 0 aromatic heterocycles. The van der Waals surface area contributed by atoms with Crippen LogP contribution in [0.15, 0.2) is 0 Å². The Morgan fingerprint density at radius 2 is 1.77 bits per heavy atom. The average molecular weight is 188 g/mol. The van der Waals surface area contributed by atoms with Crippen molar-refractivity contribution in [2.45, 2.75) is 57.3 Å². The molecule has 0 aliphatic heterocycles. The predicted molar refractivity (Wildman–Crippen MR) is 50.3 cm³/mol. The van der Waals surface area contributed by atoms with Gasteiger partial charge in [-0.25, -0.2) is 0 Å². The summed E-state index contributed by atoms with van der Waals surface area (Å²) in [4.78, 5) is 0. The maximum atomic E-state index is 10.1. The van der Waals surface area contributed by atoms with Crippen molar-refractivity contribution in [1.82, 2.24) is 0 Å². The van der Waals surface area contributed by atoms with Crippen LogP contribution in [0.1, 0.15) is 40.0 Å². The second-order valence-electron chi connectivity index (χ2n) is 4.86. The Kier molecular flexibility index (Phi) is 2.72. The Morgan fingerprint density at radius 3 is 2.15 bits per heavy atom. The van der Waals surface area contributed by atoms with E-state index >= 15 is 0 Å². The van der Waals surface area contributed by atoms with Crippen LogP contribution in [0.25, 0.3) is 0 Å². The number of hydrogen-bond acceptors (Lipinski definition) is 3. The first-order valence-corrected chi connectivity index (χ1v) is 4.91. The highest BCUT2D eigenvalue weighted by Crippen LogP contribution is 2.38. The van der Waals surface area contributed by atoms with E-state index in [2.05, 4.69) is 0 Å². The van der Waals surface area contributed by atoms with Gasteiger partial charge in [0, 0.05) is 6.42 Å². The van der Waals surface area contributed by atoms with Crippen LogP contribution in [0.4, 0.5) is 0 Å². The largest absolute Gasteiger partial charge is 0.390 e. The van der Waals surface area contributed by atoms with E-state index in [0.717, 1.165) is 0 Å². The van der Waals surface area contributed by atoms with Crippen LogP contribution in [0, 0.1) is 5.92 Å². The Bertz CT molecular complexity index is 189. The van der Waals surface area contributed by atoms with Gasteiger partial charge in [-0.3, -0.25) is 0 Å². The van der Waals surface area contributed by atoms with E-state index in [9.17, 15) is 15.3 Å². The maximum Gasteiger partial charge on any atom is 0.0930 e. The minimum atomic E-state index is -1.01. The van der Waals surface area contributed by atoms with Gasteiger partial charge >= 0.3 is 0 Å². The van der Waals surface area contributed by atoms with Gasteiger partial charge in [-0.2, -0.15) is 0 Å². The average Bonchev–Trinajstić information content (AvgIpc) is 1.96. The third kappa shape index (κ3) is 2.03. The molecule has 0 unspecified atom stereocenters. The minimum Gasteiger partial charge on any atom is -0.390 e. The summed E-state index contributed by atoms with van der Waals surface area (Å²) in [5.41, 5.74) is -1.83. The van der Waals surface area contributed by atoms with Gasteiger partial charge < -0.3 is 15.3 Å². The fourth-order valence-corrected chi connectivity index (χ4v) is 2.00. The van der Waals surface area contributed by atoms with E-state index in [-0.39, 0.29) is 12.3 Å². The Hall–Kier alpha value is -0.120. The van der Waals surface area contributed by atoms with E-state index < -0.39 is 17.3 Å². The van der Waals surface area contributed by atoms with Crippen molar-refractivity contribution in [3.05, 3.63) is 0 Å². The summed E-state index contributed by atoms with van der Waals surface area (Å²) >= 11 is 0. The molecule has 0 heterocycles. The molecule has 1 rings (SSSR count). The Balaban J connectivity index is 2.73. The van der Waals surface area contributed by atoms with Crippen molar-refractivity contribution in [3.63, 3.8) is 0 Å². The van der Waals surface area contributed by atoms with Gasteiger partial charge in [-0.1, -0.05) is 13.8 Å². The zero-order valence-electron chi connectivity index (χ0n) is 8.62. The molecule has 3 heteroatoms. The quantitative estimate of drug-likeness (QED) is 0.567. The predicted octanol–water partition coefficient (Wildman–Crippen LogP) is 0.669. The lowest BCUT2D eigenvalue weighted by Crippen LogP contribution is -2.54. The summed E-state index contributed by atoms with van der Waals surface area (Å²) in [7, 11) is 0. The molecule has 0 saturated heterocycles. The molecule has 0 aromatic carbocycles. The van der Waals surface area contributed by atoms with Crippen LogP contribution in [0.2, 0.25) is 0 Å². The summed E-state index contributed by atoms with van der Waals surface area (Å²) in [5.74, 6) is 0.0265. The van der Waals surface area contributed by atoms with Gasteiger partial charge in [0.05, 0.1) is 17.3 Å². The third-order valence-corrected chi connectivity index (χ3v) is 3.27. The number of aliphatic hydroxyl groups is 3. The van der Waals surface area contributed by atoms with E-state index in [1.54, 1.807) is 6.92 Å². The molecule has 3 N–H and O–H groups in total. The summed E-state index contributed by atoms with van der Waals surface area (Å²) < 4.78 is 0. The molecular weight excluding hydrogens is 168 g/mol. The smallest absolute Gasteiger partial charge is 0.0930 e. The highest BCUT2D eigenvalue weighted by molar-refractivity contribution is 4.99. The van der Waals surface area contributed by atoms with Crippen LogP contribution in [-0.2, 0) is 0 Å². The van der Waals surface area contributed by atoms with Gasteiger partial charge in [0.1, 0.15) is 0 Å². The second kappa shape index (κ2) is 3.23. The number of aliphatic hydroxyl groups excluding tert-OH is 1. The first kappa shape index (κ1) is 11.0. The molecule has 3 nitrogen and oxygen atoms in total. The van der Waals surface area contributed by atoms with Crippen LogP contribution in [0.3, 0.4) is 0 Å². The highest BCUT2D eigenvalue weighted by Gasteiger charge is 2.46. The summed E-state index contributed by atoms with van der Waals surface area (Å²) in [6, 6.07) is 0. The minimum absolute atomic E-state index is 0.0265. The lowest BCUT2D eigenvalue weighted by Gasteiger charge is -2.45. The van der Waals surface area contributed by atoms with Gasteiger partial charge in [-0.15, -0.1) is 0 Å². The normalized spacial score (nSPS) is 46.8. The molecule has 13 heavy (non-hydrogen) atoms. The molecule has 1 aliphatic carbocycles. The van der Waals surface area contributed by atoms with Crippen LogP contribution >= 0.6 is 0 Å². The molecule has 0 amide bonds. The topological polar surface area (TPSA) is 60.7 Å². The molecule has 0 spiro atoms. The summed E-state index contributed by atoms with van der Waals surface area (Å²) in [5, 5.41) is 29.5. The lowest BCUT2D eigenvalue weighted by atomic mass is 9.70. The second-order valence-corrected chi connectivity index (χ2v) is 4.86. The summed E-state index contributed by atoms with van der Waals surface area (Å²) in [6.07, 6.45) is 0.482. The van der Waals surface area contributed by atoms with Crippen molar-refractivity contribution in [2.24, 2.45) is 5.92 Å². The van der Waals surface area contributed by atoms with Crippen molar-refractivity contribution >= 4 is 0 Å². The SMILES string of the molecule is CC(C)[C@]1(O)CC[C@](C)(O)C[C@@H]1O. The van der Waals surface area contributed by atoms with Crippen molar-refractivity contribution in [1.29, 1.82) is 0 Å². The molecule has 1 aliphatic rings. The van der Waals surface area contributed by atoms with E-state index in [1.807, 2.05) is 13.8 Å². The van der Waals surface area contributed by atoms with E-state index in [4.69, 9.17) is 0 Å². The molecule has 3 atom stereocenters. The maximum absolute atomic E-state index is 10.1. The molecule has 0 bridgehead atoms. The fourth-order valence-electron chi connectivity index (χ4n) is 2.00. The number of rotatable bonds is 1. The highest BCUT2D eigenvalue weighted by atomic mass is 16.3. The number of hydrogen-bond donors (Lipinski definition) is 3. The van der Waals surface area contributed by atoms with Gasteiger partial charge in [0.15, 0.2) is 0 Å². The van der Waals surface area contributed by atoms with Crippen molar-refractivity contribution in [3.8, 4) is 0 Å². The van der Waals surface area contributed by atoms with Crippen LogP contribution in [0.5, 0.6) is 0 Å². The van der Waals surface area contributed by atoms with Gasteiger partial charge in [-0.05, 0) is 25.7 Å². The zero-order valence-corrected chi connectivity index (χ0v) is 8.62. The van der Waals surface area contributed by atoms with Crippen LogP contribution < -0.4 is 0 Å². The molecule has 0 radical (unpaired) electrons. The lowest BCUT2D eigenvalue weighted by molar-refractivity contribution is -0.170. The third-order valence-electron chi connectivity index (χ3n) is 3.27. The molecule has 78 valence electrons. The molecule has 1 fully saturated rings. The molecule has 0 aromatic rings. The zero-order chi connectivity index (χ0) is 10.3. The first-order valence-electron chi connectivity index (χ1n) is 4.91. The van der Waals surface area contributed by atoms with E-state index in [0.29, 0.717) is 12.8 Å². The van der Waals surface area contributed by atoms with Crippen molar-refractivity contribution < 1.29 is 15.3 Å². The van der Waals surface area contributed by atoms with Gasteiger partial charge in [0.2, 0.25) is 0 Å². The fraction of sp³-hybridized carbons (Fsp3) is 1.00. The standard InChI is InChI=1S/C10H20O3/c1-7(2)10(13)5-4-9(3,12)6-8(10)11/h7-8,11-13H,4-6H2,1-3H3/t8-,9-,10+/m0/s1. The van der Waals surface area contributed by atoms with Crippen molar-refractivity contribution in [2.75, 3.05) is 0 Å². The molecule has 1 saturated carbocycles. The Labute approximate surface area is 79.4 Å². The summed E-state index contributed by atoms with van der Waals surface area (Å²) in [6.45, 7) is 5.49. The first-order chi connectivity index (χ1) is 5.78. The monoisotopic (exact) mass is 188 g/mol. The Morgan fingerprint density at radius 1 is 1.23 bits per heavy atom. The van der Waals surface area contributed by atoms with Gasteiger partial charge in [0.25, 0.3) is 0 Å². The van der Waals surface area contributed by atoms with Crippen LogP contribution in [-0.4, -0.2) is 32.6 Å².